The Kier molecular flexibility index (Phi) is 27.8. The Hall–Kier alpha value is -7.02. The second kappa shape index (κ2) is 34.3. The predicted octanol–water partition coefficient (Wildman–Crippen LogP) is 5.67. The Morgan fingerprint density at radius 2 is 1.28 bits per heavy atom. The van der Waals surface area contributed by atoms with Crippen LogP contribution in [-0.2, 0) is 71.8 Å². The number of likely N-dealkylation sites (N-methyl/N-ethyl adjacent to an activating group) is 7. The number of carbonyl (C=O) groups is 11. The normalized spacial score (nSPS) is 25.4. The van der Waals surface area contributed by atoms with Gasteiger partial charge in [-0.15, -0.1) is 12.3 Å². The second-order valence-electron chi connectivity index (χ2n) is 26.3. The highest BCUT2D eigenvalue weighted by Gasteiger charge is 2.51. The fourth-order valence-electron chi connectivity index (χ4n) is 13.3. The number of hydrogen-bond acceptors (Lipinski definition) is 11. The van der Waals surface area contributed by atoms with Gasteiger partial charge in [0.1, 0.15) is 41.8 Å². The maximum absolute atomic E-state index is 15.4. The summed E-state index contributed by atoms with van der Waals surface area (Å²) in [5, 5.41) is 8.07. The molecule has 0 unspecified atom stereocenters. The number of halogens is 5. The van der Waals surface area contributed by atoms with E-state index in [9.17, 15) is 51.5 Å². The number of aryl methyl sites for hydroxylation is 1. The van der Waals surface area contributed by atoms with Crippen molar-refractivity contribution in [2.45, 2.75) is 190 Å². The number of nitrogens with one attached hydrogen (secondary N) is 3. The lowest BCUT2D eigenvalue weighted by Crippen LogP contribution is -2.65. The first-order valence-electron chi connectivity index (χ1n) is 32.8. The van der Waals surface area contributed by atoms with Gasteiger partial charge in [-0.2, -0.15) is 13.2 Å². The molecule has 3 N–H and O–H groups in total. The summed E-state index contributed by atoms with van der Waals surface area (Å²) in [5.74, 6) is -5.33. The third kappa shape index (κ3) is 19.6. The number of nitrogens with zero attached hydrogens (tertiary/aromatic N) is 8. The van der Waals surface area contributed by atoms with Crippen LogP contribution in [-0.4, -0.2) is 228 Å². The smallest absolute Gasteiger partial charge is 0.343 e. The Morgan fingerprint density at radius 1 is 0.674 bits per heavy atom. The van der Waals surface area contributed by atoms with Crippen molar-refractivity contribution < 1.29 is 65.9 Å². The van der Waals surface area contributed by atoms with Gasteiger partial charge in [-0.25, -0.2) is 0 Å². The molecule has 1 spiro atoms. The Balaban J connectivity index is 1.40. The molecular weight excluding hydrogens is 1370 g/mol. The molecule has 2 heterocycles. The molecule has 2 saturated heterocycles. The molecule has 522 valence electrons. The fraction of sp³-hybridized carbons (Fsp3) is 0.632. The van der Waals surface area contributed by atoms with Gasteiger partial charge in [-0.1, -0.05) is 82.2 Å². The second-order valence-corrected chi connectivity index (χ2v) is 28.0. The number of amides is 11. The van der Waals surface area contributed by atoms with E-state index in [1.165, 1.54) is 60.9 Å². The van der Waals surface area contributed by atoms with Crippen LogP contribution in [0.5, 0.6) is 0 Å². The summed E-state index contributed by atoms with van der Waals surface area (Å²) < 4.78 is 42.3. The molecule has 0 aromatic heterocycles. The predicted molar refractivity (Wildman–Crippen MR) is 359 cm³/mol. The van der Waals surface area contributed by atoms with E-state index in [1.807, 2.05) is 19.1 Å². The van der Waals surface area contributed by atoms with Gasteiger partial charge in [-0.05, 0) is 135 Å². The highest BCUT2D eigenvalue weighted by Crippen LogP contribution is 2.38. The quantitative estimate of drug-likeness (QED) is 0.193. The van der Waals surface area contributed by atoms with Crippen molar-refractivity contribution in [2.75, 3.05) is 75.5 Å². The van der Waals surface area contributed by atoms with Crippen LogP contribution in [0.1, 0.15) is 140 Å². The van der Waals surface area contributed by atoms with Crippen LogP contribution in [0.15, 0.2) is 42.5 Å². The zero-order valence-corrected chi connectivity index (χ0v) is 59.2. The Morgan fingerprint density at radius 3 is 1.89 bits per heavy atom. The van der Waals surface area contributed by atoms with Crippen LogP contribution in [0.3, 0.4) is 0 Å². The SMILES string of the molecule is C#CCC[C@H]1C(=O)N[C@@H]([C@@H](C)CC)C(=O)N(C)CC(=O)N(C)CC(=O)N(C)[C@@H](Cc2ccc(I)cc2)C(=O)N(C)CC(=O)N[C@@H](CCc2ccc(C(F)(F)F)c(Cl)c2)C(=O)N2CCC[C@H]2C(=O)NC2(CCCC2)C(=O)N(C)[C@@H](C2CCCCC2)C(=O)N(C)[C@H](C)CC(=O)N1C. The van der Waals surface area contributed by atoms with E-state index in [2.05, 4.69) is 44.5 Å². The third-order valence-electron chi connectivity index (χ3n) is 19.6. The van der Waals surface area contributed by atoms with Crippen LogP contribution in [0.4, 0.5) is 13.2 Å². The van der Waals surface area contributed by atoms with E-state index in [-0.39, 0.29) is 70.3 Å². The molecule has 4 aliphatic rings. The van der Waals surface area contributed by atoms with Crippen LogP contribution in [0.2, 0.25) is 5.02 Å². The average molecular weight is 1460 g/mol. The molecule has 22 nitrogen and oxygen atoms in total. The van der Waals surface area contributed by atoms with Crippen LogP contribution in [0, 0.1) is 27.7 Å². The third-order valence-corrected chi connectivity index (χ3v) is 20.7. The molecule has 2 aliphatic carbocycles. The summed E-state index contributed by atoms with van der Waals surface area (Å²) in [6.07, 6.45) is 6.61. The molecule has 0 bridgehead atoms. The zero-order chi connectivity index (χ0) is 70.4. The van der Waals surface area contributed by atoms with Crippen molar-refractivity contribution in [1.29, 1.82) is 0 Å². The largest absolute Gasteiger partial charge is 0.417 e. The number of rotatable bonds is 10. The summed E-state index contributed by atoms with van der Waals surface area (Å²) in [5.41, 5.74) is -1.65. The number of benzene rings is 2. The lowest BCUT2D eigenvalue weighted by Gasteiger charge is -2.43. The first-order valence-corrected chi connectivity index (χ1v) is 34.3. The highest BCUT2D eigenvalue weighted by molar-refractivity contribution is 14.1. The minimum absolute atomic E-state index is 0.00874. The van der Waals surface area contributed by atoms with Gasteiger partial charge in [0.15, 0.2) is 0 Å². The van der Waals surface area contributed by atoms with Crippen molar-refractivity contribution in [3.05, 3.63) is 67.7 Å². The van der Waals surface area contributed by atoms with Gasteiger partial charge in [0, 0.05) is 84.8 Å². The van der Waals surface area contributed by atoms with E-state index >= 15 is 14.4 Å². The molecule has 8 atom stereocenters. The molecule has 0 radical (unpaired) electrons. The van der Waals surface area contributed by atoms with E-state index in [1.54, 1.807) is 40.1 Å². The summed E-state index contributed by atoms with van der Waals surface area (Å²) >= 11 is 8.25. The van der Waals surface area contributed by atoms with Gasteiger partial charge < -0.3 is 55.1 Å². The molecule has 2 aromatic rings. The van der Waals surface area contributed by atoms with Crippen molar-refractivity contribution >= 4 is 99.2 Å². The van der Waals surface area contributed by atoms with Gasteiger partial charge >= 0.3 is 6.18 Å². The van der Waals surface area contributed by atoms with E-state index in [0.29, 0.717) is 49.7 Å². The number of alkyl halides is 3. The molecule has 27 heteroatoms. The molecule has 95 heavy (non-hydrogen) atoms. The van der Waals surface area contributed by atoms with Crippen molar-refractivity contribution in [1.82, 2.24) is 55.1 Å². The lowest BCUT2D eigenvalue weighted by atomic mass is 9.81. The van der Waals surface area contributed by atoms with Crippen LogP contribution in [0.25, 0.3) is 0 Å². The highest BCUT2D eigenvalue weighted by atomic mass is 127. The topological polar surface area (TPSA) is 250 Å². The maximum atomic E-state index is 15.4. The van der Waals surface area contributed by atoms with E-state index < -0.39 is 155 Å². The summed E-state index contributed by atoms with van der Waals surface area (Å²) in [6, 6.07) is 2.25. The van der Waals surface area contributed by atoms with Crippen LogP contribution < -0.4 is 16.0 Å². The number of hydrogen-bond donors (Lipinski definition) is 3. The van der Waals surface area contributed by atoms with Crippen molar-refractivity contribution in [2.24, 2.45) is 11.8 Å². The molecule has 2 aliphatic heterocycles. The molecular formula is C68H94ClF3IN11O11. The number of terminal acetylenes is 1. The molecule has 4 fully saturated rings. The van der Waals surface area contributed by atoms with Gasteiger partial charge in [-0.3, -0.25) is 52.7 Å². The first-order chi connectivity index (χ1) is 44.7. The van der Waals surface area contributed by atoms with Crippen LogP contribution >= 0.6 is 34.2 Å². The Labute approximate surface area is 574 Å². The van der Waals surface area contributed by atoms with Crippen molar-refractivity contribution in [3.8, 4) is 12.3 Å². The Bertz CT molecular complexity index is 3180. The minimum atomic E-state index is -4.76. The zero-order valence-electron chi connectivity index (χ0n) is 56.3. The van der Waals surface area contributed by atoms with Crippen molar-refractivity contribution in [3.63, 3.8) is 0 Å². The molecule has 2 saturated carbocycles. The van der Waals surface area contributed by atoms with Gasteiger partial charge in [0.05, 0.1) is 30.2 Å². The standard InChI is InChI=1S/C68H94ClF3IN11O11/c1-12-14-23-51-60(89)75-58(42(3)13-2)64(93)79(7)40-56(87)77(5)41-57(88)82(10)53(38-45-25-29-47(73)30-26-45)63(92)78(6)39-54(85)74-50(32-28-44-27-31-48(49(69)37-44)68(70,71)72)62(91)84-35-20-24-52(84)61(90)76-67(33-18-19-34-67)66(95)83(11)59(46-21-16-15-17-22-46)65(94)80(8)43(4)36-55(86)81(51)9/h1,25-27,29-31,37,42-43,46,50-53,58-59H,13-24,28,32-36,38-41H2,2-11H3,(H,74,85)(H,75,89)(H,76,90)/t42-,43+,50-,51-,52-,53-,58-,59-/m0/s1. The summed E-state index contributed by atoms with van der Waals surface area (Å²) in [4.78, 5) is 171. The summed E-state index contributed by atoms with van der Waals surface area (Å²) in [7, 11) is 9.97. The lowest BCUT2D eigenvalue weighted by molar-refractivity contribution is -0.153. The molecule has 11 amide bonds. The van der Waals surface area contributed by atoms with Gasteiger partial charge in [0.25, 0.3) is 0 Å². The first kappa shape index (κ1) is 77.0. The maximum Gasteiger partial charge on any atom is 0.417 e. The fourth-order valence-corrected chi connectivity index (χ4v) is 14.0. The minimum Gasteiger partial charge on any atom is -0.343 e. The van der Waals surface area contributed by atoms with E-state index in [0.717, 1.165) is 54.6 Å². The molecule has 6 rings (SSSR count). The van der Waals surface area contributed by atoms with Gasteiger partial charge in [0.2, 0.25) is 65.0 Å². The monoisotopic (exact) mass is 1460 g/mol. The average Bonchev–Trinajstić information content (AvgIpc) is 1.74. The van der Waals surface area contributed by atoms with E-state index in [4.69, 9.17) is 18.0 Å². The number of fused-ring (bicyclic) bond motifs is 1. The molecule has 2 aromatic carbocycles. The number of carbonyl (C=O) groups excluding carboxylic acids is 11. The summed E-state index contributed by atoms with van der Waals surface area (Å²) in [6.45, 7) is 3.52.